The lowest BCUT2D eigenvalue weighted by atomic mass is 10.0. The van der Waals surface area contributed by atoms with Gasteiger partial charge in [-0.3, -0.25) is 4.79 Å². The molecule has 3 aromatic carbocycles. The number of benzene rings is 3. The number of ether oxygens (including phenoxy) is 1. The molecule has 0 spiro atoms. The summed E-state index contributed by atoms with van der Waals surface area (Å²) in [7, 11) is 0. The zero-order chi connectivity index (χ0) is 23.9. The van der Waals surface area contributed by atoms with Gasteiger partial charge in [-0.15, -0.1) is 0 Å². The van der Waals surface area contributed by atoms with E-state index in [1.165, 1.54) is 11.3 Å². The second-order valence-corrected chi connectivity index (χ2v) is 8.66. The van der Waals surface area contributed by atoms with Gasteiger partial charge in [0.25, 0.3) is 5.91 Å². The summed E-state index contributed by atoms with van der Waals surface area (Å²) < 4.78 is 8.11. The Morgan fingerprint density at radius 3 is 2.26 bits per heavy atom. The highest BCUT2D eigenvalue weighted by atomic mass is 32.1. The van der Waals surface area contributed by atoms with E-state index in [-0.39, 0.29) is 11.9 Å². The summed E-state index contributed by atoms with van der Waals surface area (Å²) >= 11 is 1.39. The van der Waals surface area contributed by atoms with Crippen molar-refractivity contribution >= 4 is 45.1 Å². The van der Waals surface area contributed by atoms with E-state index in [0.29, 0.717) is 23.4 Å². The smallest absolute Gasteiger partial charge is 0.329 e. The Labute approximate surface area is 202 Å². The third kappa shape index (κ3) is 5.07. The number of carbonyl (C=O) groups is 2. The maximum Gasteiger partial charge on any atom is 0.329 e. The molecule has 4 aromatic rings. The average Bonchev–Trinajstić information content (AvgIpc) is 3.22. The van der Waals surface area contributed by atoms with Crippen LogP contribution < -0.4 is 4.80 Å². The topological polar surface area (TPSA) is 60.7 Å². The van der Waals surface area contributed by atoms with Gasteiger partial charge in [-0.1, -0.05) is 91.1 Å². The van der Waals surface area contributed by atoms with Crippen molar-refractivity contribution in [2.75, 3.05) is 6.61 Å². The summed E-state index contributed by atoms with van der Waals surface area (Å²) in [5.41, 5.74) is 3.03. The molecule has 4 rings (SSSR count). The Morgan fingerprint density at radius 1 is 0.941 bits per heavy atom. The SMILES string of the molecule is CCOC(=O)C(CC)n1c(=NC(=O)/C(=C/c2ccccc2)c2ccccc2)sc2ccccc21. The van der Waals surface area contributed by atoms with Crippen molar-refractivity contribution in [1.29, 1.82) is 0 Å². The Bertz CT molecular complexity index is 1390. The highest BCUT2D eigenvalue weighted by Gasteiger charge is 2.24. The molecule has 0 saturated carbocycles. The van der Waals surface area contributed by atoms with E-state index in [1.54, 1.807) is 6.92 Å². The number of aromatic nitrogens is 1. The van der Waals surface area contributed by atoms with Gasteiger partial charge >= 0.3 is 5.97 Å². The number of rotatable bonds is 7. The monoisotopic (exact) mass is 470 g/mol. The van der Waals surface area contributed by atoms with Crippen LogP contribution in [0.5, 0.6) is 0 Å². The van der Waals surface area contributed by atoms with Crippen molar-refractivity contribution in [2.24, 2.45) is 4.99 Å². The van der Waals surface area contributed by atoms with Crippen LogP contribution in [0.2, 0.25) is 0 Å². The van der Waals surface area contributed by atoms with Gasteiger partial charge in [0.2, 0.25) is 0 Å². The molecule has 1 heterocycles. The van der Waals surface area contributed by atoms with Gasteiger partial charge in [-0.05, 0) is 42.7 Å². The molecule has 1 aromatic heterocycles. The number of thiazole rings is 1. The van der Waals surface area contributed by atoms with Crippen LogP contribution in [0.25, 0.3) is 21.9 Å². The summed E-state index contributed by atoms with van der Waals surface area (Å²) in [4.78, 5) is 31.4. The number of nitrogens with zero attached hydrogens (tertiary/aromatic N) is 2. The van der Waals surface area contributed by atoms with E-state index in [4.69, 9.17) is 4.74 Å². The Kier molecular flexibility index (Phi) is 7.50. The number of fused-ring (bicyclic) bond motifs is 1. The van der Waals surface area contributed by atoms with E-state index in [9.17, 15) is 9.59 Å². The first-order valence-corrected chi connectivity index (χ1v) is 12.1. The van der Waals surface area contributed by atoms with Crippen LogP contribution in [0, 0.1) is 0 Å². The minimum atomic E-state index is -0.569. The highest BCUT2D eigenvalue weighted by molar-refractivity contribution is 7.16. The Balaban J connectivity index is 1.89. The number of para-hydroxylation sites is 1. The lowest BCUT2D eigenvalue weighted by molar-refractivity contribution is -0.147. The van der Waals surface area contributed by atoms with Gasteiger partial charge in [0, 0.05) is 5.57 Å². The first kappa shape index (κ1) is 23.4. The van der Waals surface area contributed by atoms with Crippen molar-refractivity contribution in [3.8, 4) is 0 Å². The number of amides is 1. The zero-order valence-corrected chi connectivity index (χ0v) is 20.0. The van der Waals surface area contributed by atoms with E-state index in [2.05, 4.69) is 4.99 Å². The van der Waals surface area contributed by atoms with Crippen molar-refractivity contribution < 1.29 is 14.3 Å². The normalized spacial score (nSPS) is 13.1. The molecular formula is C28H26N2O3S. The molecule has 6 heteroatoms. The van der Waals surface area contributed by atoms with Crippen LogP contribution in [0.4, 0.5) is 0 Å². The summed E-state index contributed by atoms with van der Waals surface area (Å²) in [6.45, 7) is 4.01. The Morgan fingerprint density at radius 2 is 1.59 bits per heavy atom. The first-order chi connectivity index (χ1) is 16.6. The molecular weight excluding hydrogens is 444 g/mol. The second-order valence-electron chi connectivity index (χ2n) is 7.65. The summed E-state index contributed by atoms with van der Waals surface area (Å²) in [5, 5.41) is 0. The maximum absolute atomic E-state index is 13.6. The molecule has 1 unspecified atom stereocenters. The van der Waals surface area contributed by atoms with Gasteiger partial charge < -0.3 is 9.30 Å². The fourth-order valence-electron chi connectivity index (χ4n) is 3.81. The predicted molar refractivity (Wildman–Crippen MR) is 137 cm³/mol. The molecule has 0 bridgehead atoms. The lowest BCUT2D eigenvalue weighted by Crippen LogP contribution is -2.29. The lowest BCUT2D eigenvalue weighted by Gasteiger charge is -2.16. The third-order valence-electron chi connectivity index (χ3n) is 5.41. The molecule has 0 N–H and O–H groups in total. The van der Waals surface area contributed by atoms with E-state index in [0.717, 1.165) is 21.3 Å². The molecule has 0 radical (unpaired) electrons. The van der Waals surface area contributed by atoms with Gasteiger partial charge in [-0.25, -0.2) is 4.79 Å². The third-order valence-corrected chi connectivity index (χ3v) is 6.45. The molecule has 172 valence electrons. The number of esters is 1. The van der Waals surface area contributed by atoms with Gasteiger partial charge in [0.05, 0.1) is 16.8 Å². The van der Waals surface area contributed by atoms with Crippen molar-refractivity contribution in [1.82, 2.24) is 4.57 Å². The van der Waals surface area contributed by atoms with E-state index >= 15 is 0 Å². The summed E-state index contributed by atoms with van der Waals surface area (Å²) in [5.74, 6) is -0.695. The molecule has 0 aliphatic carbocycles. The first-order valence-electron chi connectivity index (χ1n) is 11.3. The zero-order valence-electron chi connectivity index (χ0n) is 19.2. The molecule has 0 aliphatic rings. The van der Waals surface area contributed by atoms with Crippen LogP contribution >= 0.6 is 11.3 Å². The quantitative estimate of drug-likeness (QED) is 0.192. The second kappa shape index (κ2) is 10.9. The number of hydrogen-bond acceptors (Lipinski definition) is 4. The standard InChI is InChI=1S/C28H26N2O3S/c1-3-23(27(32)33-4-2)30-24-17-11-12-18-25(24)34-28(30)29-26(31)22(21-15-9-6-10-16-21)19-20-13-7-5-8-14-20/h5-19,23H,3-4H2,1-2H3/b22-19+,29-28?. The molecule has 0 saturated heterocycles. The summed E-state index contributed by atoms with van der Waals surface area (Å²) in [6.07, 6.45) is 2.37. The van der Waals surface area contributed by atoms with Crippen LogP contribution in [-0.4, -0.2) is 23.1 Å². The minimum absolute atomic E-state index is 0.293. The van der Waals surface area contributed by atoms with Crippen LogP contribution in [-0.2, 0) is 14.3 Å². The van der Waals surface area contributed by atoms with Crippen molar-refractivity contribution in [2.45, 2.75) is 26.3 Å². The van der Waals surface area contributed by atoms with E-state index < -0.39 is 6.04 Å². The molecule has 0 aliphatic heterocycles. The van der Waals surface area contributed by atoms with Crippen LogP contribution in [0.15, 0.2) is 89.9 Å². The molecule has 5 nitrogen and oxygen atoms in total. The predicted octanol–water partition coefficient (Wildman–Crippen LogP) is 5.89. The largest absolute Gasteiger partial charge is 0.464 e. The van der Waals surface area contributed by atoms with Crippen molar-refractivity contribution in [3.63, 3.8) is 0 Å². The highest BCUT2D eigenvalue weighted by Crippen LogP contribution is 2.24. The fraction of sp³-hybridized carbons (Fsp3) is 0.179. The molecule has 34 heavy (non-hydrogen) atoms. The number of carbonyl (C=O) groups excluding carboxylic acids is 2. The van der Waals surface area contributed by atoms with Crippen molar-refractivity contribution in [3.05, 3.63) is 101 Å². The van der Waals surface area contributed by atoms with Crippen LogP contribution in [0.1, 0.15) is 37.4 Å². The molecule has 1 amide bonds. The minimum Gasteiger partial charge on any atom is -0.464 e. The van der Waals surface area contributed by atoms with Gasteiger partial charge in [0.1, 0.15) is 6.04 Å². The fourth-order valence-corrected chi connectivity index (χ4v) is 4.88. The Hall–Kier alpha value is -3.77. The van der Waals surface area contributed by atoms with Crippen LogP contribution in [0.3, 0.4) is 0 Å². The average molecular weight is 471 g/mol. The molecule has 0 fully saturated rings. The van der Waals surface area contributed by atoms with Gasteiger partial charge in [-0.2, -0.15) is 4.99 Å². The molecule has 1 atom stereocenters. The number of hydrogen-bond donors (Lipinski definition) is 0. The maximum atomic E-state index is 13.6. The van der Waals surface area contributed by atoms with Gasteiger partial charge in [0.15, 0.2) is 4.80 Å². The van der Waals surface area contributed by atoms with E-state index in [1.807, 2.05) is 102 Å². The summed E-state index contributed by atoms with van der Waals surface area (Å²) in [6, 6.07) is 26.4.